The molecule has 0 aliphatic heterocycles. The third kappa shape index (κ3) is 3.36. The molecule has 0 unspecified atom stereocenters. The predicted molar refractivity (Wildman–Crippen MR) is 70.5 cm³/mol. The normalized spacial score (nSPS) is 11.9. The molecule has 0 bridgehead atoms. The SMILES string of the molecule is C/C(F)=C(\F)Oc1cccc2c(OC(F)=C(F)F)cccc12. The van der Waals surface area contributed by atoms with Crippen LogP contribution >= 0.6 is 0 Å². The average molecular weight is 316 g/mol. The van der Waals surface area contributed by atoms with Gasteiger partial charge in [0.15, 0.2) is 5.83 Å². The molecule has 2 rings (SSSR count). The van der Waals surface area contributed by atoms with Crippen LogP contribution in [0, 0.1) is 0 Å². The van der Waals surface area contributed by atoms with Gasteiger partial charge in [0.25, 0.3) is 0 Å². The maximum atomic E-state index is 13.2. The Kier molecular flexibility index (Phi) is 4.65. The lowest BCUT2D eigenvalue weighted by atomic mass is 10.1. The van der Waals surface area contributed by atoms with Gasteiger partial charge in [-0.3, -0.25) is 0 Å². The monoisotopic (exact) mass is 316 g/mol. The summed E-state index contributed by atoms with van der Waals surface area (Å²) in [6.07, 6.45) is -2.61. The van der Waals surface area contributed by atoms with Crippen LogP contribution in [0.1, 0.15) is 6.92 Å². The standard InChI is InChI=1S/C15H9F5O2/c1-8(16)14(19)21-11-6-2-5-10-9(11)4-3-7-12(10)22-15(20)13(17)18/h2-7H,1H3/b14-8-. The van der Waals surface area contributed by atoms with Gasteiger partial charge in [-0.15, -0.1) is 0 Å². The van der Waals surface area contributed by atoms with E-state index in [1.165, 1.54) is 36.4 Å². The number of hydrogen-bond donors (Lipinski definition) is 0. The first-order valence-corrected chi connectivity index (χ1v) is 6.00. The lowest BCUT2D eigenvalue weighted by Gasteiger charge is -2.10. The highest BCUT2D eigenvalue weighted by molar-refractivity contribution is 5.93. The van der Waals surface area contributed by atoms with Gasteiger partial charge in [0.05, 0.1) is 0 Å². The van der Waals surface area contributed by atoms with Crippen molar-refractivity contribution < 1.29 is 31.4 Å². The molecular weight excluding hydrogens is 307 g/mol. The van der Waals surface area contributed by atoms with Gasteiger partial charge in [-0.05, 0) is 19.1 Å². The first-order chi connectivity index (χ1) is 10.4. The van der Waals surface area contributed by atoms with Crippen molar-refractivity contribution in [1.29, 1.82) is 0 Å². The molecule has 0 spiro atoms. The average Bonchev–Trinajstić information content (AvgIpc) is 2.47. The fraction of sp³-hybridized carbons (Fsp3) is 0.0667. The molecular formula is C15H9F5O2. The Morgan fingerprint density at radius 1 is 0.727 bits per heavy atom. The molecule has 0 amide bonds. The highest BCUT2D eigenvalue weighted by Gasteiger charge is 2.13. The highest BCUT2D eigenvalue weighted by Crippen LogP contribution is 2.34. The van der Waals surface area contributed by atoms with Crippen molar-refractivity contribution in [1.82, 2.24) is 0 Å². The molecule has 2 aromatic rings. The summed E-state index contributed by atoms with van der Waals surface area (Å²) in [5, 5.41) is 0.434. The molecule has 0 saturated carbocycles. The van der Waals surface area contributed by atoms with E-state index in [9.17, 15) is 22.0 Å². The van der Waals surface area contributed by atoms with Gasteiger partial charge < -0.3 is 9.47 Å². The Morgan fingerprint density at radius 2 is 1.18 bits per heavy atom. The number of rotatable bonds is 4. The van der Waals surface area contributed by atoms with Gasteiger partial charge in [0, 0.05) is 10.8 Å². The van der Waals surface area contributed by atoms with E-state index < -0.39 is 23.9 Å². The van der Waals surface area contributed by atoms with Crippen molar-refractivity contribution >= 4 is 10.8 Å². The van der Waals surface area contributed by atoms with Gasteiger partial charge in [-0.2, -0.15) is 17.6 Å². The molecule has 0 atom stereocenters. The zero-order valence-corrected chi connectivity index (χ0v) is 11.2. The van der Waals surface area contributed by atoms with Crippen LogP contribution in [0.4, 0.5) is 22.0 Å². The van der Waals surface area contributed by atoms with Crippen LogP contribution in [0.15, 0.2) is 60.3 Å². The summed E-state index contributed by atoms with van der Waals surface area (Å²) in [7, 11) is 0. The van der Waals surface area contributed by atoms with E-state index in [1.54, 1.807) is 0 Å². The van der Waals surface area contributed by atoms with E-state index >= 15 is 0 Å². The van der Waals surface area contributed by atoms with Gasteiger partial charge in [-0.25, -0.2) is 4.39 Å². The lowest BCUT2D eigenvalue weighted by Crippen LogP contribution is -1.94. The Hall–Kier alpha value is -2.57. The molecule has 0 aromatic heterocycles. The number of hydrogen-bond acceptors (Lipinski definition) is 2. The van der Waals surface area contributed by atoms with Crippen LogP contribution in [0.2, 0.25) is 0 Å². The largest absolute Gasteiger partial charge is 0.429 e. The van der Waals surface area contributed by atoms with Crippen LogP contribution < -0.4 is 9.47 Å². The summed E-state index contributed by atoms with van der Waals surface area (Å²) in [5.74, 6) is -1.44. The van der Waals surface area contributed by atoms with Crippen LogP contribution in [0.5, 0.6) is 11.5 Å². The molecule has 2 nitrogen and oxygen atoms in total. The minimum Gasteiger partial charge on any atom is -0.429 e. The summed E-state index contributed by atoms with van der Waals surface area (Å²) < 4.78 is 72.3. The van der Waals surface area contributed by atoms with E-state index in [2.05, 4.69) is 4.74 Å². The maximum Gasteiger partial charge on any atom is 0.344 e. The molecule has 116 valence electrons. The molecule has 0 saturated heterocycles. The van der Waals surface area contributed by atoms with Crippen molar-refractivity contribution in [2.24, 2.45) is 0 Å². The second kappa shape index (κ2) is 6.46. The number of halogens is 5. The van der Waals surface area contributed by atoms with Crippen molar-refractivity contribution in [3.8, 4) is 11.5 Å². The van der Waals surface area contributed by atoms with Crippen molar-refractivity contribution in [3.05, 3.63) is 60.3 Å². The second-order valence-corrected chi connectivity index (χ2v) is 4.15. The molecule has 2 aromatic carbocycles. The summed E-state index contributed by atoms with van der Waals surface area (Å²) in [5.41, 5.74) is 0. The van der Waals surface area contributed by atoms with E-state index in [-0.39, 0.29) is 22.3 Å². The van der Waals surface area contributed by atoms with Gasteiger partial charge >= 0.3 is 18.1 Å². The fourth-order valence-corrected chi connectivity index (χ4v) is 1.73. The quantitative estimate of drug-likeness (QED) is 0.527. The molecule has 7 heteroatoms. The zero-order chi connectivity index (χ0) is 16.3. The molecule has 0 radical (unpaired) electrons. The van der Waals surface area contributed by atoms with E-state index in [0.717, 1.165) is 6.92 Å². The smallest absolute Gasteiger partial charge is 0.344 e. The number of benzene rings is 2. The van der Waals surface area contributed by atoms with Gasteiger partial charge in [-0.1, -0.05) is 24.3 Å². The van der Waals surface area contributed by atoms with Crippen LogP contribution in [0.3, 0.4) is 0 Å². The Balaban J connectivity index is 2.51. The minimum absolute atomic E-state index is 0.0671. The first kappa shape index (κ1) is 15.8. The highest BCUT2D eigenvalue weighted by atomic mass is 19.3. The predicted octanol–water partition coefficient (Wildman–Crippen LogP) is 5.76. The number of fused-ring (bicyclic) bond motifs is 1. The first-order valence-electron chi connectivity index (χ1n) is 6.00. The topological polar surface area (TPSA) is 18.5 Å². The molecule has 0 fully saturated rings. The van der Waals surface area contributed by atoms with E-state index in [4.69, 9.17) is 4.74 Å². The molecule has 22 heavy (non-hydrogen) atoms. The van der Waals surface area contributed by atoms with Crippen LogP contribution in [-0.4, -0.2) is 0 Å². The van der Waals surface area contributed by atoms with Crippen molar-refractivity contribution in [3.63, 3.8) is 0 Å². The third-order valence-corrected chi connectivity index (χ3v) is 2.66. The zero-order valence-electron chi connectivity index (χ0n) is 11.2. The fourth-order valence-electron chi connectivity index (χ4n) is 1.73. The lowest BCUT2D eigenvalue weighted by molar-refractivity contribution is 0.243. The summed E-state index contributed by atoms with van der Waals surface area (Å²) in [6, 6.07) is 4.80. The molecule has 0 aliphatic carbocycles. The summed E-state index contributed by atoms with van der Waals surface area (Å²) >= 11 is 0. The maximum absolute atomic E-state index is 13.2. The van der Waals surface area contributed by atoms with Crippen molar-refractivity contribution in [2.75, 3.05) is 0 Å². The van der Waals surface area contributed by atoms with Gasteiger partial charge in [0.1, 0.15) is 11.5 Å². The molecule has 0 N–H and O–H groups in total. The number of ether oxygens (including phenoxy) is 2. The molecule has 0 heterocycles. The minimum atomic E-state index is -2.61. The summed E-state index contributed by atoms with van der Waals surface area (Å²) in [6.45, 7) is 0.874. The van der Waals surface area contributed by atoms with Gasteiger partial charge in [0.2, 0.25) is 0 Å². The van der Waals surface area contributed by atoms with Crippen molar-refractivity contribution in [2.45, 2.75) is 6.92 Å². The van der Waals surface area contributed by atoms with Crippen LogP contribution in [-0.2, 0) is 0 Å². The van der Waals surface area contributed by atoms with E-state index in [0.29, 0.717) is 0 Å². The number of allylic oxidation sites excluding steroid dienone is 1. The third-order valence-electron chi connectivity index (χ3n) is 2.66. The Bertz CT molecular complexity index is 694. The second-order valence-electron chi connectivity index (χ2n) is 4.15. The Labute approximate surface area is 122 Å². The van der Waals surface area contributed by atoms with E-state index in [1.807, 2.05) is 0 Å². The van der Waals surface area contributed by atoms with Crippen LogP contribution in [0.25, 0.3) is 10.8 Å². The molecule has 0 aliphatic rings. The summed E-state index contributed by atoms with van der Waals surface area (Å²) in [4.78, 5) is 0. The Morgan fingerprint density at radius 3 is 1.59 bits per heavy atom.